The Bertz CT molecular complexity index is 1740. The number of benzene rings is 4. The van der Waals surface area contributed by atoms with Crippen molar-refractivity contribution < 1.29 is 28.7 Å². The molecule has 2 heterocycles. The van der Waals surface area contributed by atoms with Gasteiger partial charge in [-0.15, -0.1) is 0 Å². The van der Waals surface area contributed by atoms with Crippen molar-refractivity contribution in [3.63, 3.8) is 0 Å². The van der Waals surface area contributed by atoms with Crippen molar-refractivity contribution in [1.82, 2.24) is 10.5 Å². The van der Waals surface area contributed by atoms with Gasteiger partial charge in [-0.05, 0) is 30.5 Å². The molecule has 1 saturated heterocycles. The van der Waals surface area contributed by atoms with Gasteiger partial charge in [-0.2, -0.15) is 0 Å². The molecule has 10 heteroatoms. The lowest BCUT2D eigenvalue weighted by Gasteiger charge is -2.36. The molecule has 2 amide bonds. The summed E-state index contributed by atoms with van der Waals surface area (Å²) < 4.78 is 19.4. The Hall–Kier alpha value is -4.74. The number of rotatable bonds is 15. The van der Waals surface area contributed by atoms with Crippen LogP contribution >= 0.6 is 11.8 Å². The van der Waals surface area contributed by atoms with Gasteiger partial charge in [0.15, 0.2) is 12.1 Å². The quantitative estimate of drug-likeness (QED) is 0.0430. The highest BCUT2D eigenvalue weighted by molar-refractivity contribution is 7.99. The fourth-order valence-electron chi connectivity index (χ4n) is 5.88. The molecular formula is C40H41N3O6S. The molecule has 4 aromatic carbocycles. The minimum Gasteiger partial charge on any atom is -0.431 e. The van der Waals surface area contributed by atoms with Crippen LogP contribution in [0.5, 0.6) is 0 Å². The fraction of sp³-hybridized carbons (Fsp3) is 0.275. The van der Waals surface area contributed by atoms with Gasteiger partial charge in [-0.3, -0.25) is 14.8 Å². The van der Waals surface area contributed by atoms with Gasteiger partial charge in [-0.1, -0.05) is 128 Å². The Morgan fingerprint density at radius 3 is 2.00 bits per heavy atom. The number of nitrogens with zero attached hydrogens (tertiary/aromatic N) is 1. The van der Waals surface area contributed by atoms with Crippen molar-refractivity contribution in [2.24, 2.45) is 0 Å². The topological polar surface area (TPSA) is 123 Å². The van der Waals surface area contributed by atoms with Gasteiger partial charge < -0.3 is 19.2 Å². The van der Waals surface area contributed by atoms with Gasteiger partial charge in [-0.25, -0.2) is 10.5 Å². The van der Waals surface area contributed by atoms with Gasteiger partial charge in [0.2, 0.25) is 11.8 Å². The first-order valence-electron chi connectivity index (χ1n) is 17.0. The van der Waals surface area contributed by atoms with E-state index in [1.165, 1.54) is 11.8 Å². The van der Waals surface area contributed by atoms with Crippen molar-refractivity contribution in [3.05, 3.63) is 126 Å². The maximum absolute atomic E-state index is 12.5. The highest BCUT2D eigenvalue weighted by Gasteiger charge is 2.33. The molecule has 0 saturated carbocycles. The third kappa shape index (κ3) is 9.70. The molecule has 258 valence electrons. The largest absolute Gasteiger partial charge is 0.431 e. The van der Waals surface area contributed by atoms with Crippen molar-refractivity contribution in [3.8, 4) is 22.6 Å². The van der Waals surface area contributed by atoms with E-state index in [0.29, 0.717) is 30.2 Å². The molecule has 5 aromatic rings. The molecule has 3 atom stereocenters. The predicted octanol–water partition coefficient (Wildman–Crippen LogP) is 9.13. The summed E-state index contributed by atoms with van der Waals surface area (Å²) in [7, 11) is 0. The van der Waals surface area contributed by atoms with E-state index in [-0.39, 0.29) is 30.4 Å². The summed E-state index contributed by atoms with van der Waals surface area (Å²) in [6, 6.07) is 37.9. The number of thioether (sulfide) groups is 1. The predicted molar refractivity (Wildman–Crippen MR) is 193 cm³/mol. The zero-order chi connectivity index (χ0) is 34.5. The van der Waals surface area contributed by atoms with Crippen LogP contribution in [0.25, 0.3) is 22.6 Å². The Morgan fingerprint density at radius 1 is 0.720 bits per heavy atom. The van der Waals surface area contributed by atoms with Gasteiger partial charge in [0.05, 0.1) is 12.2 Å². The molecule has 1 fully saturated rings. The minimum atomic E-state index is -0.540. The highest BCUT2D eigenvalue weighted by Crippen LogP contribution is 2.41. The molecule has 3 N–H and O–H groups in total. The van der Waals surface area contributed by atoms with Crippen LogP contribution < -0.4 is 10.8 Å². The van der Waals surface area contributed by atoms with Gasteiger partial charge >= 0.3 is 0 Å². The highest BCUT2D eigenvalue weighted by atomic mass is 32.2. The first kappa shape index (κ1) is 35.1. The number of aromatic nitrogens is 1. The summed E-state index contributed by atoms with van der Waals surface area (Å²) in [5, 5.41) is 12.1. The molecule has 6 rings (SSSR count). The number of oxazole rings is 1. The molecule has 0 spiro atoms. The lowest BCUT2D eigenvalue weighted by molar-refractivity contribution is -0.245. The molecule has 1 aliphatic rings. The number of hydrogen-bond acceptors (Lipinski definition) is 8. The smallest absolute Gasteiger partial charge is 0.256 e. The van der Waals surface area contributed by atoms with Crippen molar-refractivity contribution in [2.45, 2.75) is 68.7 Å². The average molecular weight is 692 g/mol. The lowest BCUT2D eigenvalue weighted by Crippen LogP contribution is -2.31. The van der Waals surface area contributed by atoms with E-state index in [2.05, 4.69) is 5.32 Å². The molecule has 1 aliphatic heterocycles. The molecule has 0 aliphatic carbocycles. The minimum absolute atomic E-state index is 0.0493. The van der Waals surface area contributed by atoms with Crippen LogP contribution in [0.15, 0.2) is 125 Å². The molecule has 0 radical (unpaired) electrons. The van der Waals surface area contributed by atoms with Gasteiger partial charge in [0, 0.05) is 47.4 Å². The van der Waals surface area contributed by atoms with E-state index in [4.69, 9.17) is 24.1 Å². The van der Waals surface area contributed by atoms with Crippen LogP contribution in [0.1, 0.15) is 68.5 Å². The van der Waals surface area contributed by atoms with E-state index in [1.807, 2.05) is 115 Å². The zero-order valence-corrected chi connectivity index (χ0v) is 28.5. The zero-order valence-electron chi connectivity index (χ0n) is 27.7. The average Bonchev–Trinajstić information content (AvgIpc) is 3.61. The summed E-state index contributed by atoms with van der Waals surface area (Å²) >= 11 is 1.53. The summed E-state index contributed by atoms with van der Waals surface area (Å²) in [6.07, 6.45) is 3.49. The molecule has 50 heavy (non-hydrogen) atoms. The number of carbonyl (C=O) groups is 2. The van der Waals surface area contributed by atoms with Crippen LogP contribution in [0.2, 0.25) is 0 Å². The Labute approximate surface area is 296 Å². The maximum atomic E-state index is 12.5. The number of hydrogen-bond donors (Lipinski definition) is 3. The second-order valence-electron chi connectivity index (χ2n) is 12.2. The second-order valence-corrected chi connectivity index (χ2v) is 13.2. The summed E-state index contributed by atoms with van der Waals surface area (Å²) in [4.78, 5) is 28.6. The van der Waals surface area contributed by atoms with E-state index in [1.54, 1.807) is 5.48 Å². The number of nitrogens with one attached hydrogen (secondary N) is 2. The first-order valence-corrected chi connectivity index (χ1v) is 18.0. The summed E-state index contributed by atoms with van der Waals surface area (Å²) in [6.45, 7) is 0. The van der Waals surface area contributed by atoms with Gasteiger partial charge in [0.25, 0.3) is 5.22 Å². The fourth-order valence-corrected chi connectivity index (χ4v) is 6.72. The Balaban J connectivity index is 1.10. The van der Waals surface area contributed by atoms with Gasteiger partial charge in [0.1, 0.15) is 5.69 Å². The lowest BCUT2D eigenvalue weighted by atomic mass is 10.0. The normalized spacial score (nSPS) is 17.3. The maximum Gasteiger partial charge on any atom is 0.256 e. The third-order valence-corrected chi connectivity index (χ3v) is 9.44. The van der Waals surface area contributed by atoms with E-state index in [9.17, 15) is 9.59 Å². The third-order valence-electron chi connectivity index (χ3n) is 8.48. The molecule has 1 aromatic heterocycles. The summed E-state index contributed by atoms with van der Waals surface area (Å²) in [5.41, 5.74) is 7.09. The van der Waals surface area contributed by atoms with Crippen molar-refractivity contribution in [2.75, 3.05) is 11.1 Å². The summed E-state index contributed by atoms with van der Waals surface area (Å²) in [5.74, 6) is 0.925. The number of carbonyl (C=O) groups excluding carboxylic acids is 2. The number of hydroxylamine groups is 1. The van der Waals surface area contributed by atoms with Crippen LogP contribution in [0, 0.1) is 0 Å². The standard InChI is InChI=1S/C40H41N3O6S/c44-35(20-12-1-2-13-21-36(45)43-46)41-32-24-22-28(23-25-32)34-26-33(47-39(48-34)31-18-10-5-11-19-31)27-50-40-42-37(29-14-6-3-7-15-29)38(49-40)30-16-8-4-9-17-30/h3-11,14-19,22-25,33-34,39,46H,1-2,12-13,20-21,26-27H2,(H,41,44)(H,43,45). The Morgan fingerprint density at radius 2 is 1.34 bits per heavy atom. The first-order chi connectivity index (χ1) is 24.6. The molecule has 0 bridgehead atoms. The number of unbranched alkanes of at least 4 members (excludes halogenated alkanes) is 3. The van der Waals surface area contributed by atoms with E-state index in [0.717, 1.165) is 58.7 Å². The SMILES string of the molecule is O=C(CCCCCCC(=O)Nc1ccc(C2CC(CSc3nc(-c4ccccc4)c(-c4ccccc4)o3)OC(c3ccccc3)O2)cc1)NO. The monoisotopic (exact) mass is 691 g/mol. The molecule has 3 unspecified atom stereocenters. The number of amides is 2. The van der Waals surface area contributed by atoms with E-state index < -0.39 is 6.29 Å². The Kier molecular flexibility index (Phi) is 12.5. The molecular weight excluding hydrogens is 651 g/mol. The van der Waals surface area contributed by atoms with Crippen molar-refractivity contribution >= 4 is 29.3 Å². The number of anilines is 1. The second kappa shape index (κ2) is 17.8. The van der Waals surface area contributed by atoms with Crippen LogP contribution in [-0.4, -0.2) is 33.9 Å². The number of ether oxygens (including phenoxy) is 2. The van der Waals surface area contributed by atoms with Crippen molar-refractivity contribution in [1.29, 1.82) is 0 Å². The van der Waals surface area contributed by atoms with E-state index >= 15 is 0 Å². The van der Waals surface area contributed by atoms with Crippen LogP contribution in [-0.2, 0) is 19.1 Å². The van der Waals surface area contributed by atoms with Crippen LogP contribution in [0.4, 0.5) is 5.69 Å². The van der Waals surface area contributed by atoms with Crippen LogP contribution in [0.3, 0.4) is 0 Å². The molecule has 9 nitrogen and oxygen atoms in total.